The van der Waals surface area contributed by atoms with Crippen molar-refractivity contribution in [2.75, 3.05) is 57.8 Å². The zero-order valence-corrected chi connectivity index (χ0v) is 15.6. The fourth-order valence-electron chi connectivity index (χ4n) is 3.09. The lowest BCUT2D eigenvalue weighted by Gasteiger charge is -2.26. The van der Waals surface area contributed by atoms with Gasteiger partial charge in [-0.1, -0.05) is 0 Å². The summed E-state index contributed by atoms with van der Waals surface area (Å²) in [4.78, 5) is 16.2. The number of amides is 2. The van der Waals surface area contributed by atoms with Crippen molar-refractivity contribution in [1.82, 2.24) is 14.5 Å². The molecule has 2 N–H and O–H groups in total. The minimum Gasteiger partial charge on any atom is -0.379 e. The second kappa shape index (κ2) is 8.81. The van der Waals surface area contributed by atoms with Crippen LogP contribution in [0.5, 0.6) is 0 Å². The number of hydrogen-bond acceptors (Lipinski definition) is 5. The number of likely N-dealkylation sites (tertiary alicyclic amines) is 1. The van der Waals surface area contributed by atoms with Gasteiger partial charge < -0.3 is 15.0 Å². The van der Waals surface area contributed by atoms with E-state index in [1.54, 1.807) is 17.0 Å². The molecule has 1 aromatic rings. The minimum atomic E-state index is -3.55. The van der Waals surface area contributed by atoms with E-state index in [9.17, 15) is 13.2 Å². The van der Waals surface area contributed by atoms with Crippen molar-refractivity contribution in [2.24, 2.45) is 0 Å². The number of hydrogen-bond donors (Lipinski definition) is 2. The topological polar surface area (TPSA) is 91.0 Å². The van der Waals surface area contributed by atoms with Crippen LogP contribution in [0.25, 0.3) is 0 Å². The number of carbonyl (C=O) groups excluding carboxylic acids is 1. The van der Waals surface area contributed by atoms with Crippen molar-refractivity contribution in [3.63, 3.8) is 0 Å². The molecule has 0 aromatic heterocycles. The fourth-order valence-corrected chi connectivity index (χ4v) is 4.11. The summed E-state index contributed by atoms with van der Waals surface area (Å²) in [6.45, 7) is 5.59. The van der Waals surface area contributed by atoms with Gasteiger partial charge in [0, 0.05) is 45.0 Å². The molecule has 0 aliphatic carbocycles. The van der Waals surface area contributed by atoms with E-state index in [4.69, 9.17) is 4.74 Å². The van der Waals surface area contributed by atoms with Crippen LogP contribution in [0.4, 0.5) is 10.5 Å². The van der Waals surface area contributed by atoms with Gasteiger partial charge in [-0.25, -0.2) is 17.9 Å². The summed E-state index contributed by atoms with van der Waals surface area (Å²) in [7, 11) is -3.55. The van der Waals surface area contributed by atoms with Crippen LogP contribution in [-0.4, -0.2) is 76.7 Å². The van der Waals surface area contributed by atoms with Crippen LogP contribution in [0.2, 0.25) is 0 Å². The molecule has 0 unspecified atom stereocenters. The summed E-state index contributed by atoms with van der Waals surface area (Å²) < 4.78 is 32.6. The molecule has 8 nitrogen and oxygen atoms in total. The van der Waals surface area contributed by atoms with E-state index < -0.39 is 10.0 Å². The third kappa shape index (κ3) is 5.16. The molecule has 2 aliphatic rings. The standard InChI is InChI=1S/C17H26N4O4S/c22-17(21-8-1-2-9-21)19-15-3-5-16(6-4-15)26(23,24)18-7-10-20-11-13-25-14-12-20/h3-6,18H,1-2,7-14H2,(H,19,22). The summed E-state index contributed by atoms with van der Waals surface area (Å²) in [6, 6.07) is 6.12. The molecule has 0 saturated carbocycles. The lowest BCUT2D eigenvalue weighted by molar-refractivity contribution is 0.0390. The van der Waals surface area contributed by atoms with Gasteiger partial charge in [0.15, 0.2) is 0 Å². The third-order valence-electron chi connectivity index (χ3n) is 4.63. The second-order valence-electron chi connectivity index (χ2n) is 6.50. The molecule has 0 spiro atoms. The first-order valence-electron chi connectivity index (χ1n) is 9.00. The molecular weight excluding hydrogens is 356 g/mol. The maximum atomic E-state index is 12.4. The average Bonchev–Trinajstić information content (AvgIpc) is 3.18. The smallest absolute Gasteiger partial charge is 0.321 e. The van der Waals surface area contributed by atoms with Gasteiger partial charge in [-0.05, 0) is 37.1 Å². The Balaban J connectivity index is 1.50. The first-order valence-corrected chi connectivity index (χ1v) is 10.5. The number of urea groups is 1. The van der Waals surface area contributed by atoms with Crippen LogP contribution in [0.15, 0.2) is 29.2 Å². The number of ether oxygens (including phenoxy) is 1. The summed E-state index contributed by atoms with van der Waals surface area (Å²) in [6.07, 6.45) is 2.06. The SMILES string of the molecule is O=C(Nc1ccc(S(=O)(=O)NCCN2CCOCC2)cc1)N1CCCC1. The summed E-state index contributed by atoms with van der Waals surface area (Å²) in [5.74, 6) is 0. The van der Waals surface area contributed by atoms with Crippen molar-refractivity contribution in [3.8, 4) is 0 Å². The molecule has 2 amide bonds. The Hall–Kier alpha value is -1.68. The summed E-state index contributed by atoms with van der Waals surface area (Å²) in [5, 5.41) is 2.80. The van der Waals surface area contributed by atoms with Gasteiger partial charge in [0.1, 0.15) is 0 Å². The quantitative estimate of drug-likeness (QED) is 0.764. The Morgan fingerprint density at radius 1 is 1.04 bits per heavy atom. The third-order valence-corrected chi connectivity index (χ3v) is 6.11. The first kappa shape index (κ1) is 19.1. The van der Waals surface area contributed by atoms with Crippen LogP contribution in [-0.2, 0) is 14.8 Å². The van der Waals surface area contributed by atoms with Crippen molar-refractivity contribution in [2.45, 2.75) is 17.7 Å². The maximum Gasteiger partial charge on any atom is 0.321 e. The van der Waals surface area contributed by atoms with Crippen LogP contribution in [0.3, 0.4) is 0 Å². The van der Waals surface area contributed by atoms with Gasteiger partial charge in [-0.2, -0.15) is 0 Å². The Morgan fingerprint density at radius 3 is 2.35 bits per heavy atom. The molecule has 9 heteroatoms. The van der Waals surface area contributed by atoms with Crippen LogP contribution in [0, 0.1) is 0 Å². The highest BCUT2D eigenvalue weighted by Crippen LogP contribution is 2.16. The highest BCUT2D eigenvalue weighted by atomic mass is 32.2. The van der Waals surface area contributed by atoms with Gasteiger partial charge >= 0.3 is 6.03 Å². The normalized spacial score (nSPS) is 18.8. The maximum absolute atomic E-state index is 12.4. The Kier molecular flexibility index (Phi) is 6.47. The Bertz CT molecular complexity index is 696. The predicted octanol–water partition coefficient (Wildman–Crippen LogP) is 0.925. The molecule has 26 heavy (non-hydrogen) atoms. The fraction of sp³-hybridized carbons (Fsp3) is 0.588. The van der Waals surface area contributed by atoms with Crippen molar-refractivity contribution in [1.29, 1.82) is 0 Å². The number of benzene rings is 1. The molecule has 3 rings (SSSR count). The van der Waals surface area contributed by atoms with Crippen LogP contribution in [0.1, 0.15) is 12.8 Å². The summed E-state index contributed by atoms with van der Waals surface area (Å²) >= 11 is 0. The molecule has 0 bridgehead atoms. The van der Waals surface area contributed by atoms with Crippen molar-refractivity contribution >= 4 is 21.7 Å². The van der Waals surface area contributed by atoms with E-state index in [1.165, 1.54) is 12.1 Å². The van der Waals surface area contributed by atoms with E-state index >= 15 is 0 Å². The van der Waals surface area contributed by atoms with Crippen LogP contribution >= 0.6 is 0 Å². The molecule has 2 saturated heterocycles. The number of morpholine rings is 1. The highest BCUT2D eigenvalue weighted by molar-refractivity contribution is 7.89. The van der Waals surface area contributed by atoms with Gasteiger partial charge in [0.25, 0.3) is 0 Å². The van der Waals surface area contributed by atoms with Gasteiger partial charge in [-0.15, -0.1) is 0 Å². The lowest BCUT2D eigenvalue weighted by atomic mass is 10.3. The lowest BCUT2D eigenvalue weighted by Crippen LogP contribution is -2.41. The van der Waals surface area contributed by atoms with E-state index in [0.29, 0.717) is 32.0 Å². The van der Waals surface area contributed by atoms with Gasteiger partial charge in [-0.3, -0.25) is 4.90 Å². The first-order chi connectivity index (χ1) is 12.5. The number of rotatable bonds is 6. The number of anilines is 1. The predicted molar refractivity (Wildman–Crippen MR) is 98.7 cm³/mol. The largest absolute Gasteiger partial charge is 0.379 e. The monoisotopic (exact) mass is 382 g/mol. The minimum absolute atomic E-state index is 0.137. The molecule has 0 radical (unpaired) electrons. The van der Waals surface area contributed by atoms with Crippen LogP contribution < -0.4 is 10.0 Å². The molecule has 2 fully saturated rings. The molecule has 2 heterocycles. The second-order valence-corrected chi connectivity index (χ2v) is 8.27. The van der Waals surface area contributed by atoms with Crippen molar-refractivity contribution < 1.29 is 17.9 Å². The zero-order chi connectivity index (χ0) is 18.4. The molecular formula is C17H26N4O4S. The van der Waals surface area contributed by atoms with E-state index in [2.05, 4.69) is 14.9 Å². The molecule has 144 valence electrons. The molecule has 0 atom stereocenters. The van der Waals surface area contributed by atoms with E-state index in [1.807, 2.05) is 0 Å². The zero-order valence-electron chi connectivity index (χ0n) is 14.8. The van der Waals surface area contributed by atoms with Gasteiger partial charge in [0.2, 0.25) is 10.0 Å². The number of nitrogens with one attached hydrogen (secondary N) is 2. The highest BCUT2D eigenvalue weighted by Gasteiger charge is 2.19. The number of sulfonamides is 1. The average molecular weight is 382 g/mol. The Morgan fingerprint density at radius 2 is 1.69 bits per heavy atom. The number of nitrogens with zero attached hydrogens (tertiary/aromatic N) is 2. The van der Waals surface area contributed by atoms with E-state index in [-0.39, 0.29) is 10.9 Å². The Labute approximate surface area is 154 Å². The summed E-state index contributed by atoms with van der Waals surface area (Å²) in [5.41, 5.74) is 0.592. The van der Waals surface area contributed by atoms with E-state index in [0.717, 1.165) is 39.0 Å². The van der Waals surface area contributed by atoms with Gasteiger partial charge in [0.05, 0.1) is 18.1 Å². The molecule has 1 aromatic carbocycles. The number of carbonyl (C=O) groups is 1. The van der Waals surface area contributed by atoms with Crippen molar-refractivity contribution in [3.05, 3.63) is 24.3 Å². The molecule has 2 aliphatic heterocycles.